The van der Waals surface area contributed by atoms with Crippen LogP contribution in [0.1, 0.15) is 34.1 Å². The summed E-state index contributed by atoms with van der Waals surface area (Å²) < 4.78 is 0. The lowest BCUT2D eigenvalue weighted by atomic mass is 9.83. The van der Waals surface area contributed by atoms with Gasteiger partial charge in [0.1, 0.15) is 0 Å². The fraction of sp³-hybridized carbons (Fsp3) is 0.545. The topological polar surface area (TPSA) is 17.1 Å². The van der Waals surface area contributed by atoms with Crippen LogP contribution in [0.15, 0.2) is 23.3 Å². The van der Waals surface area contributed by atoms with E-state index in [1.807, 2.05) is 19.9 Å². The molecule has 0 aliphatic heterocycles. The zero-order chi connectivity index (χ0) is 9.35. The van der Waals surface area contributed by atoms with E-state index in [0.29, 0.717) is 12.2 Å². The van der Waals surface area contributed by atoms with Crippen molar-refractivity contribution in [2.75, 3.05) is 0 Å². The highest BCUT2D eigenvalue weighted by molar-refractivity contribution is 5.99. The minimum absolute atomic E-state index is 0.00405. The van der Waals surface area contributed by atoms with Gasteiger partial charge in [0.15, 0.2) is 5.78 Å². The molecular formula is C11H16O. The summed E-state index contributed by atoms with van der Waals surface area (Å²) in [5.74, 6) is 0.299. The smallest absolute Gasteiger partial charge is 0.159 e. The standard InChI is InChI=1S/C11H16O/c1-5-6-11(4)7-10(12)8(2)9(11)3/h5-6H,7H2,1-4H3/b6-5+. The van der Waals surface area contributed by atoms with Gasteiger partial charge in [0.05, 0.1) is 0 Å². The summed E-state index contributed by atoms with van der Waals surface area (Å²) in [7, 11) is 0. The van der Waals surface area contributed by atoms with Gasteiger partial charge in [-0.3, -0.25) is 4.79 Å². The Morgan fingerprint density at radius 3 is 2.33 bits per heavy atom. The lowest BCUT2D eigenvalue weighted by Crippen LogP contribution is -2.11. The highest BCUT2D eigenvalue weighted by Gasteiger charge is 2.35. The van der Waals surface area contributed by atoms with Gasteiger partial charge in [0, 0.05) is 11.8 Å². The molecule has 0 aromatic carbocycles. The summed E-state index contributed by atoms with van der Waals surface area (Å²) >= 11 is 0. The van der Waals surface area contributed by atoms with Crippen LogP contribution in [0.25, 0.3) is 0 Å². The van der Waals surface area contributed by atoms with Crippen LogP contribution in [0.3, 0.4) is 0 Å². The molecule has 0 saturated heterocycles. The zero-order valence-corrected chi connectivity index (χ0v) is 8.27. The summed E-state index contributed by atoms with van der Waals surface area (Å²) in [4.78, 5) is 11.4. The number of hydrogen-bond acceptors (Lipinski definition) is 1. The second-order valence-corrected chi connectivity index (χ2v) is 3.77. The van der Waals surface area contributed by atoms with Gasteiger partial charge in [-0.1, -0.05) is 24.6 Å². The molecule has 0 N–H and O–H groups in total. The van der Waals surface area contributed by atoms with Crippen molar-refractivity contribution in [3.05, 3.63) is 23.3 Å². The van der Waals surface area contributed by atoms with Crippen molar-refractivity contribution in [3.8, 4) is 0 Å². The number of rotatable bonds is 1. The van der Waals surface area contributed by atoms with Crippen LogP contribution >= 0.6 is 0 Å². The first-order chi connectivity index (χ1) is 5.51. The molecule has 1 aliphatic carbocycles. The van der Waals surface area contributed by atoms with E-state index in [1.165, 1.54) is 5.57 Å². The van der Waals surface area contributed by atoms with E-state index in [2.05, 4.69) is 19.9 Å². The normalized spacial score (nSPS) is 30.8. The molecule has 0 aromatic rings. The molecule has 1 unspecified atom stereocenters. The largest absolute Gasteiger partial charge is 0.295 e. The summed E-state index contributed by atoms with van der Waals surface area (Å²) in [6, 6.07) is 0. The minimum atomic E-state index is -0.00405. The van der Waals surface area contributed by atoms with Crippen LogP contribution in [0.2, 0.25) is 0 Å². The van der Waals surface area contributed by atoms with E-state index in [9.17, 15) is 4.79 Å². The van der Waals surface area contributed by atoms with Gasteiger partial charge in [-0.15, -0.1) is 0 Å². The highest BCUT2D eigenvalue weighted by atomic mass is 16.1. The van der Waals surface area contributed by atoms with Crippen LogP contribution in [-0.2, 0) is 4.79 Å². The van der Waals surface area contributed by atoms with Crippen molar-refractivity contribution in [1.29, 1.82) is 0 Å². The summed E-state index contributed by atoms with van der Waals surface area (Å²) in [6.07, 6.45) is 4.79. The van der Waals surface area contributed by atoms with E-state index in [1.54, 1.807) is 0 Å². The van der Waals surface area contributed by atoms with Gasteiger partial charge in [0.25, 0.3) is 0 Å². The number of carbonyl (C=O) groups excluding carboxylic acids is 1. The van der Waals surface area contributed by atoms with Crippen molar-refractivity contribution < 1.29 is 4.79 Å². The molecule has 66 valence electrons. The third-order valence-electron chi connectivity index (χ3n) is 2.90. The zero-order valence-electron chi connectivity index (χ0n) is 8.27. The predicted octanol–water partition coefficient (Wildman–Crippen LogP) is 2.88. The van der Waals surface area contributed by atoms with Crippen LogP contribution in [0.4, 0.5) is 0 Å². The van der Waals surface area contributed by atoms with Gasteiger partial charge in [-0.05, 0) is 26.3 Å². The van der Waals surface area contributed by atoms with E-state index in [-0.39, 0.29) is 5.41 Å². The van der Waals surface area contributed by atoms with Gasteiger partial charge >= 0.3 is 0 Å². The fourth-order valence-electron chi connectivity index (χ4n) is 1.79. The van der Waals surface area contributed by atoms with E-state index < -0.39 is 0 Å². The molecule has 0 bridgehead atoms. The maximum Gasteiger partial charge on any atom is 0.159 e. The van der Waals surface area contributed by atoms with Crippen molar-refractivity contribution in [3.63, 3.8) is 0 Å². The maximum atomic E-state index is 11.4. The van der Waals surface area contributed by atoms with E-state index in [4.69, 9.17) is 0 Å². The first-order valence-electron chi connectivity index (χ1n) is 4.36. The number of carbonyl (C=O) groups is 1. The Kier molecular flexibility index (Phi) is 2.22. The maximum absolute atomic E-state index is 11.4. The summed E-state index contributed by atoms with van der Waals surface area (Å²) in [5.41, 5.74) is 2.18. The summed E-state index contributed by atoms with van der Waals surface area (Å²) in [5, 5.41) is 0. The lowest BCUT2D eigenvalue weighted by Gasteiger charge is -2.20. The SMILES string of the molecule is C/C=C/C1(C)CC(=O)C(C)=C1C. The molecule has 1 aliphatic rings. The number of allylic oxidation sites excluding steroid dienone is 4. The van der Waals surface area contributed by atoms with Crippen molar-refractivity contribution >= 4 is 5.78 Å². The average molecular weight is 164 g/mol. The van der Waals surface area contributed by atoms with E-state index in [0.717, 1.165) is 5.57 Å². The molecular weight excluding hydrogens is 148 g/mol. The van der Waals surface area contributed by atoms with Crippen LogP contribution < -0.4 is 0 Å². The van der Waals surface area contributed by atoms with Crippen molar-refractivity contribution in [2.45, 2.75) is 34.1 Å². The Hall–Kier alpha value is -0.850. The predicted molar refractivity (Wildman–Crippen MR) is 50.9 cm³/mol. The molecule has 0 radical (unpaired) electrons. The third-order valence-corrected chi connectivity index (χ3v) is 2.90. The highest BCUT2D eigenvalue weighted by Crippen LogP contribution is 2.41. The number of ketones is 1. The van der Waals surface area contributed by atoms with Crippen LogP contribution in [0, 0.1) is 5.41 Å². The molecule has 0 amide bonds. The quantitative estimate of drug-likeness (QED) is 0.545. The second-order valence-electron chi connectivity index (χ2n) is 3.77. The number of Topliss-reactive ketones (excluding diaryl/α,β-unsaturated/α-hetero) is 1. The van der Waals surface area contributed by atoms with Gasteiger partial charge in [-0.2, -0.15) is 0 Å². The van der Waals surface area contributed by atoms with Crippen molar-refractivity contribution in [2.24, 2.45) is 5.41 Å². The van der Waals surface area contributed by atoms with Crippen LogP contribution in [-0.4, -0.2) is 5.78 Å². The molecule has 0 heterocycles. The summed E-state index contributed by atoms with van der Waals surface area (Å²) in [6.45, 7) is 8.10. The molecule has 0 aromatic heterocycles. The number of hydrogen-bond donors (Lipinski definition) is 0. The Balaban J connectivity index is 3.07. The Bertz CT molecular complexity index is 271. The molecule has 1 nitrogen and oxygen atoms in total. The Morgan fingerprint density at radius 1 is 1.42 bits per heavy atom. The fourth-order valence-corrected chi connectivity index (χ4v) is 1.79. The minimum Gasteiger partial charge on any atom is -0.295 e. The first-order valence-corrected chi connectivity index (χ1v) is 4.36. The monoisotopic (exact) mass is 164 g/mol. The van der Waals surface area contributed by atoms with Crippen LogP contribution in [0.5, 0.6) is 0 Å². The van der Waals surface area contributed by atoms with E-state index >= 15 is 0 Å². The molecule has 0 fully saturated rings. The lowest BCUT2D eigenvalue weighted by molar-refractivity contribution is -0.115. The molecule has 1 rings (SSSR count). The van der Waals surface area contributed by atoms with Gasteiger partial charge < -0.3 is 0 Å². The Labute approximate surface area is 74.2 Å². The van der Waals surface area contributed by atoms with Crippen molar-refractivity contribution in [1.82, 2.24) is 0 Å². The molecule has 0 spiro atoms. The molecule has 0 saturated carbocycles. The molecule has 1 atom stereocenters. The first kappa shape index (κ1) is 9.24. The Morgan fingerprint density at radius 2 is 2.00 bits per heavy atom. The molecule has 1 heteroatoms. The third kappa shape index (κ3) is 1.24. The second kappa shape index (κ2) is 2.89. The van der Waals surface area contributed by atoms with Gasteiger partial charge in [-0.25, -0.2) is 0 Å². The average Bonchev–Trinajstić information content (AvgIpc) is 2.17. The molecule has 12 heavy (non-hydrogen) atoms. The van der Waals surface area contributed by atoms with Gasteiger partial charge in [0.2, 0.25) is 0 Å².